The van der Waals surface area contributed by atoms with E-state index in [4.69, 9.17) is 11.6 Å². The molecule has 0 fully saturated rings. The molecule has 0 heterocycles. The molecule has 0 aromatic heterocycles. The molecule has 2 aromatic rings. The predicted octanol–water partition coefficient (Wildman–Crippen LogP) is 3.96. The molecule has 2 N–H and O–H groups in total. The van der Waals surface area contributed by atoms with E-state index >= 15 is 0 Å². The maximum absolute atomic E-state index is 11.9. The van der Waals surface area contributed by atoms with Crippen LogP contribution in [0.1, 0.15) is 28.4 Å². The first-order valence-corrected chi connectivity index (χ1v) is 9.44. The molecule has 0 aliphatic rings. The van der Waals surface area contributed by atoms with Crippen LogP contribution in [0, 0.1) is 0 Å². The molecule has 0 unspecified atom stereocenters. The summed E-state index contributed by atoms with van der Waals surface area (Å²) < 4.78 is 0. The Hall–Kier alpha value is -1.80. The fourth-order valence-corrected chi connectivity index (χ4v) is 2.75. The highest BCUT2D eigenvalue weighted by atomic mass is 127. The number of hydrogen-bond acceptors (Lipinski definition) is 2. The van der Waals surface area contributed by atoms with Crippen LogP contribution in [-0.2, 0) is 13.0 Å². The van der Waals surface area contributed by atoms with Crippen molar-refractivity contribution in [2.45, 2.75) is 19.9 Å². The lowest BCUT2D eigenvalue weighted by Gasteiger charge is -2.12. The number of nitrogens with zero attached hydrogens (tertiary/aromatic N) is 2. The van der Waals surface area contributed by atoms with Crippen LogP contribution in [0.25, 0.3) is 0 Å². The average molecular weight is 515 g/mol. The minimum absolute atomic E-state index is 0. The molecule has 7 heteroatoms. The van der Waals surface area contributed by atoms with Crippen LogP contribution < -0.4 is 10.6 Å². The minimum Gasteiger partial charge on any atom is -0.357 e. The SMILES string of the molecule is CCNC(=NCc1ccc(C(=O)N(C)C)cc1)NCCc1cccc(Cl)c1.I. The Morgan fingerprint density at radius 1 is 1.07 bits per heavy atom. The topological polar surface area (TPSA) is 56.7 Å². The molecule has 0 bridgehead atoms. The Balaban J connectivity index is 0.00000392. The summed E-state index contributed by atoms with van der Waals surface area (Å²) in [5.74, 6) is 0.772. The normalized spacial score (nSPS) is 10.8. The van der Waals surface area contributed by atoms with Crippen LogP contribution >= 0.6 is 35.6 Å². The third kappa shape index (κ3) is 8.06. The zero-order valence-corrected chi connectivity index (χ0v) is 19.6. The maximum Gasteiger partial charge on any atom is 0.253 e. The summed E-state index contributed by atoms with van der Waals surface area (Å²) in [6.07, 6.45) is 0.867. The van der Waals surface area contributed by atoms with Gasteiger partial charge in [0.2, 0.25) is 0 Å². The third-order valence-electron chi connectivity index (χ3n) is 3.97. The first kappa shape index (κ1) is 24.2. The number of amides is 1. The molecule has 0 radical (unpaired) electrons. The highest BCUT2D eigenvalue weighted by molar-refractivity contribution is 14.0. The number of rotatable bonds is 7. The number of halogens is 2. The summed E-state index contributed by atoms with van der Waals surface area (Å²) in [6, 6.07) is 15.4. The predicted molar refractivity (Wildman–Crippen MR) is 128 cm³/mol. The van der Waals surface area contributed by atoms with Gasteiger partial charge >= 0.3 is 0 Å². The molecule has 0 saturated heterocycles. The molecule has 0 spiro atoms. The van der Waals surface area contributed by atoms with Crippen molar-refractivity contribution in [2.24, 2.45) is 4.99 Å². The molecule has 152 valence electrons. The lowest BCUT2D eigenvalue weighted by atomic mass is 10.1. The van der Waals surface area contributed by atoms with Crippen LogP contribution in [0.2, 0.25) is 5.02 Å². The molecule has 0 aliphatic carbocycles. The van der Waals surface area contributed by atoms with Crippen LogP contribution in [0.4, 0.5) is 0 Å². The second kappa shape index (κ2) is 12.6. The summed E-state index contributed by atoms with van der Waals surface area (Å²) >= 11 is 6.02. The number of nitrogens with one attached hydrogen (secondary N) is 2. The molecule has 28 heavy (non-hydrogen) atoms. The van der Waals surface area contributed by atoms with E-state index in [0.717, 1.165) is 36.1 Å². The van der Waals surface area contributed by atoms with Crippen molar-refractivity contribution in [2.75, 3.05) is 27.2 Å². The van der Waals surface area contributed by atoms with Gasteiger partial charge in [-0.05, 0) is 48.7 Å². The van der Waals surface area contributed by atoms with Gasteiger partial charge in [-0.25, -0.2) is 4.99 Å². The van der Waals surface area contributed by atoms with Gasteiger partial charge in [0.05, 0.1) is 6.54 Å². The smallest absolute Gasteiger partial charge is 0.253 e. The Morgan fingerprint density at radius 2 is 1.79 bits per heavy atom. The molecular formula is C21H28ClIN4O. The number of guanidine groups is 1. The fraction of sp³-hybridized carbons (Fsp3) is 0.333. The monoisotopic (exact) mass is 514 g/mol. The second-order valence-electron chi connectivity index (χ2n) is 6.40. The van der Waals surface area contributed by atoms with Crippen LogP contribution in [0.5, 0.6) is 0 Å². The van der Waals surface area contributed by atoms with Crippen molar-refractivity contribution in [1.82, 2.24) is 15.5 Å². The molecule has 2 aromatic carbocycles. The Bertz CT molecular complexity index is 778. The maximum atomic E-state index is 11.9. The molecule has 0 saturated carbocycles. The molecule has 1 amide bonds. The van der Waals surface area contributed by atoms with Crippen LogP contribution in [-0.4, -0.2) is 44.0 Å². The van der Waals surface area contributed by atoms with E-state index in [2.05, 4.69) is 21.7 Å². The summed E-state index contributed by atoms with van der Waals surface area (Å²) in [7, 11) is 3.50. The first-order valence-electron chi connectivity index (χ1n) is 9.07. The van der Waals surface area contributed by atoms with Crippen LogP contribution in [0.15, 0.2) is 53.5 Å². The van der Waals surface area contributed by atoms with E-state index in [0.29, 0.717) is 12.1 Å². The van der Waals surface area contributed by atoms with Gasteiger partial charge in [0.15, 0.2) is 5.96 Å². The lowest BCUT2D eigenvalue weighted by Crippen LogP contribution is -2.38. The Morgan fingerprint density at radius 3 is 2.39 bits per heavy atom. The van der Waals surface area contributed by atoms with Gasteiger partial charge in [0.1, 0.15) is 0 Å². The van der Waals surface area contributed by atoms with E-state index in [1.165, 1.54) is 5.56 Å². The molecule has 5 nitrogen and oxygen atoms in total. The Kier molecular flexibility index (Phi) is 10.9. The highest BCUT2D eigenvalue weighted by Gasteiger charge is 2.07. The van der Waals surface area contributed by atoms with E-state index in [-0.39, 0.29) is 29.9 Å². The number of carbonyl (C=O) groups is 1. The number of aliphatic imine (C=N–C) groups is 1. The van der Waals surface area contributed by atoms with Crippen molar-refractivity contribution in [3.8, 4) is 0 Å². The van der Waals surface area contributed by atoms with E-state index in [9.17, 15) is 4.79 Å². The average Bonchev–Trinajstić information content (AvgIpc) is 2.66. The molecular weight excluding hydrogens is 487 g/mol. The molecule has 0 aliphatic heterocycles. The van der Waals surface area contributed by atoms with Gasteiger partial charge in [-0.3, -0.25) is 4.79 Å². The van der Waals surface area contributed by atoms with E-state index in [1.54, 1.807) is 19.0 Å². The summed E-state index contributed by atoms with van der Waals surface area (Å²) in [6.45, 7) is 4.14. The van der Waals surface area contributed by atoms with Gasteiger partial charge < -0.3 is 15.5 Å². The lowest BCUT2D eigenvalue weighted by molar-refractivity contribution is 0.0827. The standard InChI is InChI=1S/C21H27ClN4O.HI/c1-4-23-21(24-13-12-16-6-5-7-19(22)14-16)25-15-17-8-10-18(11-9-17)20(27)26(2)3;/h5-11,14H,4,12-13,15H2,1-3H3,(H2,23,24,25);1H. The highest BCUT2D eigenvalue weighted by Crippen LogP contribution is 2.11. The van der Waals surface area contributed by atoms with Gasteiger partial charge in [-0.1, -0.05) is 35.9 Å². The van der Waals surface area contributed by atoms with Crippen molar-refractivity contribution in [1.29, 1.82) is 0 Å². The van der Waals surface area contributed by atoms with Crippen molar-refractivity contribution in [3.63, 3.8) is 0 Å². The van der Waals surface area contributed by atoms with Gasteiger partial charge in [-0.15, -0.1) is 24.0 Å². The van der Waals surface area contributed by atoms with Crippen molar-refractivity contribution in [3.05, 3.63) is 70.2 Å². The van der Waals surface area contributed by atoms with Crippen molar-refractivity contribution >= 4 is 47.4 Å². The minimum atomic E-state index is 0. The summed E-state index contributed by atoms with van der Waals surface area (Å²) in [5.41, 5.74) is 2.92. The quantitative estimate of drug-likeness (QED) is 0.334. The van der Waals surface area contributed by atoms with E-state index in [1.807, 2.05) is 49.4 Å². The van der Waals surface area contributed by atoms with Gasteiger partial charge in [0, 0.05) is 37.8 Å². The van der Waals surface area contributed by atoms with Gasteiger partial charge in [-0.2, -0.15) is 0 Å². The van der Waals surface area contributed by atoms with Crippen molar-refractivity contribution < 1.29 is 4.79 Å². The zero-order valence-electron chi connectivity index (χ0n) is 16.5. The fourth-order valence-electron chi connectivity index (χ4n) is 2.54. The summed E-state index contributed by atoms with van der Waals surface area (Å²) in [4.78, 5) is 18.1. The third-order valence-corrected chi connectivity index (χ3v) is 4.20. The second-order valence-corrected chi connectivity index (χ2v) is 6.83. The largest absolute Gasteiger partial charge is 0.357 e. The van der Waals surface area contributed by atoms with Crippen LogP contribution in [0.3, 0.4) is 0 Å². The number of benzene rings is 2. The zero-order chi connectivity index (χ0) is 19.6. The summed E-state index contributed by atoms with van der Waals surface area (Å²) in [5, 5.41) is 7.34. The van der Waals surface area contributed by atoms with E-state index < -0.39 is 0 Å². The Labute approximate surface area is 189 Å². The molecule has 2 rings (SSSR count). The number of hydrogen-bond donors (Lipinski definition) is 2. The molecule has 0 atom stereocenters. The van der Waals surface area contributed by atoms with Gasteiger partial charge in [0.25, 0.3) is 5.91 Å². The first-order chi connectivity index (χ1) is 13.0. The number of carbonyl (C=O) groups excluding carboxylic acids is 1.